The van der Waals surface area contributed by atoms with Gasteiger partial charge in [0.05, 0.1) is 12.8 Å². The quantitative estimate of drug-likeness (QED) is 0.868. The molecule has 0 aliphatic rings. The van der Waals surface area contributed by atoms with Gasteiger partial charge in [0.25, 0.3) is 0 Å². The monoisotopic (exact) mass is 272 g/mol. The Morgan fingerprint density at radius 3 is 2.70 bits per heavy atom. The summed E-state index contributed by atoms with van der Waals surface area (Å²) in [7, 11) is 2.09. The zero-order chi connectivity index (χ0) is 14.5. The third kappa shape index (κ3) is 3.87. The molecule has 3 nitrogen and oxygen atoms in total. The van der Waals surface area contributed by atoms with Crippen LogP contribution in [0, 0.1) is 6.92 Å². The zero-order valence-electron chi connectivity index (χ0n) is 12.8. The minimum absolute atomic E-state index is 0.489. The van der Waals surface area contributed by atoms with Gasteiger partial charge in [-0.2, -0.15) is 0 Å². The molecule has 0 aliphatic heterocycles. The van der Waals surface area contributed by atoms with Crippen LogP contribution in [0.1, 0.15) is 30.7 Å². The minimum atomic E-state index is 0.489. The first-order valence-corrected chi connectivity index (χ1v) is 7.12. The van der Waals surface area contributed by atoms with Crippen molar-refractivity contribution in [3.63, 3.8) is 0 Å². The van der Waals surface area contributed by atoms with Crippen molar-refractivity contribution in [1.29, 1.82) is 0 Å². The van der Waals surface area contributed by atoms with Gasteiger partial charge in [-0.25, -0.2) is 0 Å². The van der Waals surface area contributed by atoms with Gasteiger partial charge in [-0.15, -0.1) is 0 Å². The number of hydrogen-bond acceptors (Lipinski definition) is 3. The van der Waals surface area contributed by atoms with E-state index in [0.717, 1.165) is 18.8 Å². The smallest absolute Gasteiger partial charge is 0.123 e. The lowest BCUT2D eigenvalue weighted by Crippen LogP contribution is -2.21. The molecule has 3 heteroatoms. The molecule has 0 unspecified atom stereocenters. The topological polar surface area (TPSA) is 28.4 Å². The summed E-state index contributed by atoms with van der Waals surface area (Å²) in [6.45, 7) is 8.06. The molecule has 2 rings (SSSR count). The predicted molar refractivity (Wildman–Crippen MR) is 84.0 cm³/mol. The maximum Gasteiger partial charge on any atom is 0.123 e. The van der Waals surface area contributed by atoms with Crippen LogP contribution in [0.5, 0.6) is 0 Å². The molecular weight excluding hydrogens is 248 g/mol. The van der Waals surface area contributed by atoms with Crippen LogP contribution in [0.3, 0.4) is 0 Å². The van der Waals surface area contributed by atoms with Gasteiger partial charge < -0.3 is 14.6 Å². The highest BCUT2D eigenvalue weighted by Crippen LogP contribution is 2.20. The molecule has 1 heterocycles. The van der Waals surface area contributed by atoms with Gasteiger partial charge >= 0.3 is 0 Å². The van der Waals surface area contributed by atoms with Crippen LogP contribution in [0.25, 0.3) is 0 Å². The Bertz CT molecular complexity index is 545. The molecule has 2 aromatic rings. The van der Waals surface area contributed by atoms with Gasteiger partial charge in [0.2, 0.25) is 0 Å². The molecule has 1 aromatic carbocycles. The lowest BCUT2D eigenvalue weighted by molar-refractivity contribution is 0.502. The highest BCUT2D eigenvalue weighted by Gasteiger charge is 2.08. The zero-order valence-corrected chi connectivity index (χ0v) is 12.8. The van der Waals surface area contributed by atoms with Gasteiger partial charge in [-0.3, -0.25) is 0 Å². The number of para-hydroxylation sites is 1. The molecule has 0 radical (unpaired) electrons. The maximum atomic E-state index is 5.65. The van der Waals surface area contributed by atoms with Crippen LogP contribution in [-0.2, 0) is 13.1 Å². The van der Waals surface area contributed by atoms with Crippen LogP contribution in [0.2, 0.25) is 0 Å². The second kappa shape index (κ2) is 6.62. The number of benzene rings is 1. The summed E-state index contributed by atoms with van der Waals surface area (Å²) in [6.07, 6.45) is 1.84. The third-order valence-corrected chi connectivity index (χ3v) is 3.34. The highest BCUT2D eigenvalue weighted by molar-refractivity contribution is 5.52. The van der Waals surface area contributed by atoms with Gasteiger partial charge in [-0.1, -0.05) is 32.0 Å². The van der Waals surface area contributed by atoms with Gasteiger partial charge in [0.1, 0.15) is 5.76 Å². The molecule has 1 N–H and O–H groups in total. The summed E-state index contributed by atoms with van der Waals surface area (Å²) in [6, 6.07) is 11.0. The largest absolute Gasteiger partial charge is 0.467 e. The number of furan rings is 1. The second-order valence-electron chi connectivity index (χ2n) is 5.60. The summed E-state index contributed by atoms with van der Waals surface area (Å²) in [5.41, 5.74) is 3.72. The van der Waals surface area contributed by atoms with E-state index in [1.807, 2.05) is 6.26 Å². The van der Waals surface area contributed by atoms with Crippen LogP contribution in [-0.4, -0.2) is 13.1 Å². The average Bonchev–Trinajstić information content (AvgIpc) is 2.84. The lowest BCUT2D eigenvalue weighted by atomic mass is 10.2. The van der Waals surface area contributed by atoms with Gasteiger partial charge in [0.15, 0.2) is 0 Å². The van der Waals surface area contributed by atoms with Crippen molar-refractivity contribution < 1.29 is 4.42 Å². The van der Waals surface area contributed by atoms with E-state index in [1.54, 1.807) is 0 Å². The Labute approximate surface area is 121 Å². The number of hydrogen-bond donors (Lipinski definition) is 1. The van der Waals surface area contributed by atoms with Crippen LogP contribution >= 0.6 is 0 Å². The van der Waals surface area contributed by atoms with Crippen molar-refractivity contribution >= 4 is 5.69 Å². The van der Waals surface area contributed by atoms with E-state index in [-0.39, 0.29) is 0 Å². The molecule has 0 spiro atoms. The number of nitrogens with one attached hydrogen (secondary N) is 1. The Kier molecular flexibility index (Phi) is 4.85. The predicted octanol–water partition coefficient (Wildman–Crippen LogP) is 3.72. The summed E-state index contributed by atoms with van der Waals surface area (Å²) >= 11 is 0. The maximum absolute atomic E-state index is 5.65. The van der Waals surface area contributed by atoms with Crippen molar-refractivity contribution in [2.24, 2.45) is 0 Å². The van der Waals surface area contributed by atoms with E-state index in [9.17, 15) is 0 Å². The summed E-state index contributed by atoms with van der Waals surface area (Å²) in [5, 5.41) is 3.40. The molecule has 20 heavy (non-hydrogen) atoms. The number of nitrogens with zero attached hydrogens (tertiary/aromatic N) is 1. The van der Waals surface area contributed by atoms with Gasteiger partial charge in [-0.05, 0) is 24.6 Å². The number of anilines is 1. The standard InChI is InChI=1S/C17H24N2O/c1-13(2)18-10-15-9-16(20-12-15)11-19(4)17-8-6-5-7-14(17)3/h5-9,12-13,18H,10-11H2,1-4H3. The summed E-state index contributed by atoms with van der Waals surface area (Å²) in [4.78, 5) is 2.22. The van der Waals surface area contributed by atoms with Crippen molar-refractivity contribution in [2.75, 3.05) is 11.9 Å². The van der Waals surface area contributed by atoms with E-state index in [1.165, 1.54) is 16.8 Å². The van der Waals surface area contributed by atoms with Crippen LogP contribution in [0.15, 0.2) is 41.0 Å². The fraction of sp³-hybridized carbons (Fsp3) is 0.412. The first-order valence-electron chi connectivity index (χ1n) is 7.12. The van der Waals surface area contributed by atoms with E-state index in [0.29, 0.717) is 6.04 Å². The Hall–Kier alpha value is -1.74. The second-order valence-corrected chi connectivity index (χ2v) is 5.60. The van der Waals surface area contributed by atoms with Crippen molar-refractivity contribution in [2.45, 2.75) is 39.9 Å². The molecule has 0 bridgehead atoms. The molecule has 108 valence electrons. The van der Waals surface area contributed by atoms with E-state index in [2.05, 4.69) is 68.4 Å². The molecule has 1 aromatic heterocycles. The fourth-order valence-electron chi connectivity index (χ4n) is 2.23. The lowest BCUT2D eigenvalue weighted by Gasteiger charge is -2.19. The van der Waals surface area contributed by atoms with Crippen molar-refractivity contribution in [1.82, 2.24) is 5.32 Å². The first kappa shape index (κ1) is 14.7. The summed E-state index contributed by atoms with van der Waals surface area (Å²) < 4.78 is 5.65. The highest BCUT2D eigenvalue weighted by atomic mass is 16.3. The van der Waals surface area contributed by atoms with Crippen molar-refractivity contribution in [3.8, 4) is 0 Å². The third-order valence-electron chi connectivity index (χ3n) is 3.34. The van der Waals surface area contributed by atoms with Gasteiger partial charge in [0, 0.05) is 30.9 Å². The molecule has 0 saturated heterocycles. The van der Waals surface area contributed by atoms with Crippen LogP contribution in [0.4, 0.5) is 5.69 Å². The molecule has 0 aliphatic carbocycles. The van der Waals surface area contributed by atoms with Crippen LogP contribution < -0.4 is 10.2 Å². The Morgan fingerprint density at radius 1 is 1.25 bits per heavy atom. The fourth-order valence-corrected chi connectivity index (χ4v) is 2.23. The van der Waals surface area contributed by atoms with E-state index >= 15 is 0 Å². The normalized spacial score (nSPS) is 11.1. The van der Waals surface area contributed by atoms with Crippen molar-refractivity contribution in [3.05, 3.63) is 53.5 Å². The number of rotatable bonds is 6. The van der Waals surface area contributed by atoms with E-state index in [4.69, 9.17) is 4.42 Å². The molecule has 0 atom stereocenters. The molecule has 0 amide bonds. The molecule has 0 fully saturated rings. The average molecular weight is 272 g/mol. The van der Waals surface area contributed by atoms with E-state index < -0.39 is 0 Å². The number of aryl methyl sites for hydroxylation is 1. The first-order chi connectivity index (χ1) is 9.56. The molecule has 0 saturated carbocycles. The molecular formula is C17H24N2O. The Morgan fingerprint density at radius 2 is 2.00 bits per heavy atom. The Balaban J connectivity index is 1.98. The minimum Gasteiger partial charge on any atom is -0.467 e. The summed E-state index contributed by atoms with van der Waals surface area (Å²) in [5.74, 6) is 0.997. The SMILES string of the molecule is Cc1ccccc1N(C)Cc1cc(CNC(C)C)co1.